The van der Waals surface area contributed by atoms with Crippen LogP contribution in [0.15, 0.2) is 0 Å². The molecule has 1 saturated heterocycles. The second-order valence-electron chi connectivity index (χ2n) is 5.80. The smallest absolute Gasteiger partial charge is 0.0480 e. The van der Waals surface area contributed by atoms with Crippen molar-refractivity contribution in [1.29, 1.82) is 0 Å². The molecule has 0 aliphatic carbocycles. The molecule has 1 atom stereocenters. The highest BCUT2D eigenvalue weighted by molar-refractivity contribution is 4.72. The topological polar surface area (TPSA) is 24.5 Å². The molecule has 3 heteroatoms. The molecular formula is C14H30N2O. The maximum atomic E-state index is 5.36. The molecule has 102 valence electrons. The van der Waals surface area contributed by atoms with Gasteiger partial charge >= 0.3 is 0 Å². The lowest BCUT2D eigenvalue weighted by Gasteiger charge is -2.28. The first-order chi connectivity index (χ1) is 8.09. The Morgan fingerprint density at radius 2 is 1.88 bits per heavy atom. The fourth-order valence-corrected chi connectivity index (χ4v) is 2.43. The number of nitrogens with one attached hydrogen (secondary N) is 1. The largest absolute Gasteiger partial charge is 0.381 e. The molecule has 1 aliphatic heterocycles. The van der Waals surface area contributed by atoms with Gasteiger partial charge in [0.1, 0.15) is 0 Å². The summed E-state index contributed by atoms with van der Waals surface area (Å²) in [5.74, 6) is 0.788. The summed E-state index contributed by atoms with van der Waals surface area (Å²) in [6, 6.07) is 1.36. The average molecular weight is 242 g/mol. The molecule has 1 N–H and O–H groups in total. The van der Waals surface area contributed by atoms with Crippen LogP contribution in [0.25, 0.3) is 0 Å². The number of rotatable bonds is 7. The Balaban J connectivity index is 2.08. The van der Waals surface area contributed by atoms with E-state index in [1.54, 1.807) is 0 Å². The zero-order chi connectivity index (χ0) is 12.7. The highest BCUT2D eigenvalue weighted by atomic mass is 16.5. The third kappa shape index (κ3) is 6.39. The first-order valence-electron chi connectivity index (χ1n) is 7.11. The van der Waals surface area contributed by atoms with Gasteiger partial charge in [0, 0.05) is 38.4 Å². The molecule has 0 spiro atoms. The van der Waals surface area contributed by atoms with Gasteiger partial charge in [-0.1, -0.05) is 13.8 Å². The summed E-state index contributed by atoms with van der Waals surface area (Å²) in [6.07, 6.45) is 3.63. The predicted octanol–water partition coefficient (Wildman–Crippen LogP) is 2.12. The number of hydrogen-bond donors (Lipinski definition) is 1. The van der Waals surface area contributed by atoms with E-state index in [1.807, 2.05) is 0 Å². The molecule has 0 saturated carbocycles. The quantitative estimate of drug-likeness (QED) is 0.740. The lowest BCUT2D eigenvalue weighted by atomic mass is 10.0. The van der Waals surface area contributed by atoms with Crippen molar-refractivity contribution in [3.05, 3.63) is 0 Å². The molecule has 0 aromatic carbocycles. The maximum Gasteiger partial charge on any atom is 0.0480 e. The number of likely N-dealkylation sites (N-methyl/N-ethyl adjacent to an activating group) is 1. The normalized spacial score (nSPS) is 20.1. The number of ether oxygens (including phenoxy) is 1. The van der Waals surface area contributed by atoms with Gasteiger partial charge in [0.05, 0.1) is 0 Å². The Kier molecular flexibility index (Phi) is 7.09. The van der Waals surface area contributed by atoms with Gasteiger partial charge in [0.2, 0.25) is 0 Å². The van der Waals surface area contributed by atoms with Gasteiger partial charge in [0.15, 0.2) is 0 Å². The second kappa shape index (κ2) is 8.06. The van der Waals surface area contributed by atoms with Crippen molar-refractivity contribution in [2.24, 2.45) is 5.92 Å². The highest BCUT2D eigenvalue weighted by Gasteiger charge is 2.14. The van der Waals surface area contributed by atoms with Gasteiger partial charge in [0.25, 0.3) is 0 Å². The van der Waals surface area contributed by atoms with Crippen LogP contribution in [0.5, 0.6) is 0 Å². The van der Waals surface area contributed by atoms with Crippen LogP contribution < -0.4 is 5.32 Å². The first-order valence-corrected chi connectivity index (χ1v) is 7.11. The van der Waals surface area contributed by atoms with Crippen LogP contribution in [-0.2, 0) is 4.74 Å². The van der Waals surface area contributed by atoms with Crippen LogP contribution in [0.2, 0.25) is 0 Å². The van der Waals surface area contributed by atoms with Crippen molar-refractivity contribution < 1.29 is 4.74 Å². The van der Waals surface area contributed by atoms with Gasteiger partial charge in [-0.15, -0.1) is 0 Å². The van der Waals surface area contributed by atoms with Crippen molar-refractivity contribution >= 4 is 0 Å². The second-order valence-corrected chi connectivity index (χ2v) is 5.80. The van der Waals surface area contributed by atoms with Gasteiger partial charge in [-0.3, -0.25) is 0 Å². The van der Waals surface area contributed by atoms with Crippen molar-refractivity contribution in [3.8, 4) is 0 Å². The van der Waals surface area contributed by atoms with E-state index in [0.29, 0.717) is 12.1 Å². The summed E-state index contributed by atoms with van der Waals surface area (Å²) < 4.78 is 5.36. The van der Waals surface area contributed by atoms with Crippen LogP contribution in [0.3, 0.4) is 0 Å². The Bertz CT molecular complexity index is 191. The molecule has 0 bridgehead atoms. The van der Waals surface area contributed by atoms with E-state index in [2.05, 4.69) is 38.0 Å². The SMILES string of the molecule is CC(C)CC(C)N(C)CCNC1CCOCC1. The summed E-state index contributed by atoms with van der Waals surface area (Å²) >= 11 is 0. The molecule has 3 nitrogen and oxygen atoms in total. The molecule has 0 amide bonds. The lowest BCUT2D eigenvalue weighted by Crippen LogP contribution is -2.41. The fraction of sp³-hybridized carbons (Fsp3) is 1.00. The minimum atomic E-state index is 0.678. The lowest BCUT2D eigenvalue weighted by molar-refractivity contribution is 0.0770. The molecule has 1 heterocycles. The monoisotopic (exact) mass is 242 g/mol. The van der Waals surface area contributed by atoms with Crippen LogP contribution in [0.4, 0.5) is 0 Å². The molecule has 1 fully saturated rings. The molecule has 0 radical (unpaired) electrons. The fourth-order valence-electron chi connectivity index (χ4n) is 2.43. The Morgan fingerprint density at radius 1 is 1.24 bits per heavy atom. The standard InChI is InChI=1S/C14H30N2O/c1-12(2)11-13(3)16(4)8-7-15-14-5-9-17-10-6-14/h12-15H,5-11H2,1-4H3. The van der Waals surface area contributed by atoms with Crippen molar-refractivity contribution in [1.82, 2.24) is 10.2 Å². The molecule has 0 aromatic heterocycles. The van der Waals surface area contributed by atoms with Crippen molar-refractivity contribution in [2.75, 3.05) is 33.4 Å². The Hall–Kier alpha value is -0.120. The van der Waals surface area contributed by atoms with Gasteiger partial charge in [-0.2, -0.15) is 0 Å². The van der Waals surface area contributed by atoms with E-state index in [4.69, 9.17) is 4.74 Å². The Morgan fingerprint density at radius 3 is 2.47 bits per heavy atom. The number of nitrogens with zero attached hydrogens (tertiary/aromatic N) is 1. The summed E-state index contributed by atoms with van der Waals surface area (Å²) in [5, 5.41) is 3.64. The van der Waals surface area contributed by atoms with E-state index in [9.17, 15) is 0 Å². The first kappa shape index (κ1) is 14.9. The van der Waals surface area contributed by atoms with E-state index in [1.165, 1.54) is 19.3 Å². The summed E-state index contributed by atoms with van der Waals surface area (Å²) in [4.78, 5) is 2.46. The van der Waals surface area contributed by atoms with Gasteiger partial charge in [-0.05, 0) is 39.2 Å². The van der Waals surface area contributed by atoms with Crippen molar-refractivity contribution in [3.63, 3.8) is 0 Å². The third-order valence-corrected chi connectivity index (χ3v) is 3.68. The average Bonchev–Trinajstić information content (AvgIpc) is 2.29. The van der Waals surface area contributed by atoms with Crippen molar-refractivity contribution in [2.45, 2.75) is 52.1 Å². The van der Waals surface area contributed by atoms with E-state index >= 15 is 0 Å². The minimum absolute atomic E-state index is 0.678. The maximum absolute atomic E-state index is 5.36. The zero-order valence-corrected chi connectivity index (χ0v) is 12.0. The molecule has 0 aromatic rings. The van der Waals surface area contributed by atoms with E-state index in [-0.39, 0.29) is 0 Å². The molecule has 1 rings (SSSR count). The summed E-state index contributed by atoms with van der Waals surface area (Å²) in [6.45, 7) is 11.0. The van der Waals surface area contributed by atoms with Gasteiger partial charge in [-0.25, -0.2) is 0 Å². The predicted molar refractivity (Wildman–Crippen MR) is 73.4 cm³/mol. The molecule has 1 unspecified atom stereocenters. The third-order valence-electron chi connectivity index (χ3n) is 3.68. The summed E-state index contributed by atoms with van der Waals surface area (Å²) in [7, 11) is 2.23. The van der Waals surface area contributed by atoms with Crippen LogP contribution in [0.1, 0.15) is 40.0 Å². The molecule has 1 aliphatic rings. The van der Waals surface area contributed by atoms with Gasteiger partial charge < -0.3 is 15.0 Å². The van der Waals surface area contributed by atoms with Crippen LogP contribution >= 0.6 is 0 Å². The zero-order valence-electron chi connectivity index (χ0n) is 12.0. The van der Waals surface area contributed by atoms with Crippen LogP contribution in [0, 0.1) is 5.92 Å². The molecular weight excluding hydrogens is 212 g/mol. The minimum Gasteiger partial charge on any atom is -0.381 e. The van der Waals surface area contributed by atoms with E-state index < -0.39 is 0 Å². The van der Waals surface area contributed by atoms with Crippen LogP contribution in [-0.4, -0.2) is 50.3 Å². The molecule has 17 heavy (non-hydrogen) atoms. The summed E-state index contributed by atoms with van der Waals surface area (Å²) in [5.41, 5.74) is 0. The Labute approximate surface area is 107 Å². The number of hydrogen-bond acceptors (Lipinski definition) is 3. The van der Waals surface area contributed by atoms with E-state index in [0.717, 1.165) is 32.2 Å². The highest BCUT2D eigenvalue weighted by Crippen LogP contribution is 2.09.